The Hall–Kier alpha value is -2.98. The van der Waals surface area contributed by atoms with Gasteiger partial charge in [0.25, 0.3) is 0 Å². The van der Waals surface area contributed by atoms with Gasteiger partial charge in [-0.05, 0) is 43.0 Å². The van der Waals surface area contributed by atoms with E-state index in [0.717, 1.165) is 29.9 Å². The van der Waals surface area contributed by atoms with Crippen molar-refractivity contribution in [3.8, 4) is 11.1 Å². The van der Waals surface area contributed by atoms with Gasteiger partial charge in [0.1, 0.15) is 0 Å². The van der Waals surface area contributed by atoms with Gasteiger partial charge >= 0.3 is 0 Å². The molecule has 2 aromatic heterocycles. The molecule has 1 aliphatic rings. The highest BCUT2D eigenvalue weighted by Gasteiger charge is 2.27. The summed E-state index contributed by atoms with van der Waals surface area (Å²) in [4.78, 5) is 7.32. The van der Waals surface area contributed by atoms with E-state index in [9.17, 15) is 0 Å². The van der Waals surface area contributed by atoms with Crippen molar-refractivity contribution in [2.24, 2.45) is 0 Å². The second kappa shape index (κ2) is 7.21. The second-order valence-corrected chi connectivity index (χ2v) is 7.64. The molecule has 0 bridgehead atoms. The number of benzene rings is 2. The van der Waals surface area contributed by atoms with E-state index in [-0.39, 0.29) is 0 Å². The lowest BCUT2D eigenvalue weighted by Crippen LogP contribution is -2.23. The van der Waals surface area contributed by atoms with Gasteiger partial charge in [-0.15, -0.1) is 0 Å². The highest BCUT2D eigenvalue weighted by Crippen LogP contribution is 2.34. The van der Waals surface area contributed by atoms with E-state index in [1.165, 1.54) is 29.5 Å². The van der Waals surface area contributed by atoms with E-state index in [0.29, 0.717) is 6.04 Å². The number of fused-ring (bicyclic) bond motifs is 1. The number of likely N-dealkylation sites (tertiary alicyclic amines) is 1. The fourth-order valence-corrected chi connectivity index (χ4v) is 4.38. The Morgan fingerprint density at radius 2 is 1.82 bits per heavy atom. The number of hydrogen-bond donors (Lipinski definition) is 0. The van der Waals surface area contributed by atoms with Crippen molar-refractivity contribution in [2.45, 2.75) is 32.4 Å². The van der Waals surface area contributed by atoms with Crippen LogP contribution in [-0.2, 0) is 6.54 Å². The first-order valence-corrected chi connectivity index (χ1v) is 9.97. The second-order valence-electron chi connectivity index (χ2n) is 7.64. The molecule has 28 heavy (non-hydrogen) atoms. The minimum Gasteiger partial charge on any atom is -0.292 e. The van der Waals surface area contributed by atoms with E-state index in [4.69, 9.17) is 4.98 Å². The molecule has 4 aromatic rings. The van der Waals surface area contributed by atoms with Gasteiger partial charge in [-0.2, -0.15) is 5.10 Å². The summed E-state index contributed by atoms with van der Waals surface area (Å²) in [5, 5.41) is 4.56. The van der Waals surface area contributed by atoms with Crippen LogP contribution < -0.4 is 0 Å². The number of aromatic nitrogens is 3. The minimum atomic E-state index is 0.495. The van der Waals surface area contributed by atoms with Crippen LogP contribution in [0.4, 0.5) is 0 Å². The molecule has 1 atom stereocenters. The molecule has 1 aliphatic heterocycles. The SMILES string of the molecule is Cc1ccccc1[C@@H]1CCCN1Cc1cnc2c(-c3ccccc3)cnn2c1. The summed E-state index contributed by atoms with van der Waals surface area (Å²) in [5.41, 5.74) is 7.18. The fourth-order valence-electron chi connectivity index (χ4n) is 4.38. The van der Waals surface area contributed by atoms with Crippen LogP contribution in [0.1, 0.15) is 35.6 Å². The van der Waals surface area contributed by atoms with Crippen LogP contribution in [-0.4, -0.2) is 26.0 Å². The maximum absolute atomic E-state index is 4.75. The number of rotatable bonds is 4. The molecule has 0 N–H and O–H groups in total. The molecule has 3 heterocycles. The highest BCUT2D eigenvalue weighted by molar-refractivity contribution is 5.76. The maximum Gasteiger partial charge on any atom is 0.162 e. The molecule has 0 radical (unpaired) electrons. The third-order valence-electron chi connectivity index (χ3n) is 5.79. The Balaban J connectivity index is 1.42. The normalized spacial score (nSPS) is 17.4. The zero-order chi connectivity index (χ0) is 18.9. The topological polar surface area (TPSA) is 33.4 Å². The van der Waals surface area contributed by atoms with Gasteiger partial charge in [0.2, 0.25) is 0 Å². The Labute approximate surface area is 165 Å². The molecule has 5 rings (SSSR count). The largest absolute Gasteiger partial charge is 0.292 e. The standard InChI is InChI=1S/C24H24N4/c1-18-8-5-6-11-21(18)23-12-7-13-27(23)16-19-14-25-24-22(15-26-28(24)17-19)20-9-3-2-4-10-20/h2-6,8-11,14-15,17,23H,7,12-13,16H2,1H3/t23-/m0/s1. The van der Waals surface area contributed by atoms with Gasteiger partial charge in [-0.1, -0.05) is 54.6 Å². The third kappa shape index (κ3) is 3.10. The quantitative estimate of drug-likeness (QED) is 0.506. The first kappa shape index (κ1) is 17.1. The molecular weight excluding hydrogens is 344 g/mol. The predicted molar refractivity (Wildman–Crippen MR) is 112 cm³/mol. The van der Waals surface area contributed by atoms with Gasteiger partial charge in [0, 0.05) is 36.1 Å². The van der Waals surface area contributed by atoms with Crippen molar-refractivity contribution in [3.05, 3.63) is 89.9 Å². The third-order valence-corrected chi connectivity index (χ3v) is 5.79. The van der Waals surface area contributed by atoms with Gasteiger partial charge < -0.3 is 0 Å². The lowest BCUT2D eigenvalue weighted by Gasteiger charge is -2.26. The molecule has 1 fully saturated rings. The molecule has 0 amide bonds. The molecule has 0 saturated carbocycles. The summed E-state index contributed by atoms with van der Waals surface area (Å²) in [5.74, 6) is 0. The van der Waals surface area contributed by atoms with Crippen LogP contribution in [0, 0.1) is 6.92 Å². The van der Waals surface area contributed by atoms with Crippen molar-refractivity contribution >= 4 is 5.65 Å². The molecule has 4 heteroatoms. The van der Waals surface area contributed by atoms with E-state index in [1.807, 2.05) is 35.1 Å². The Bertz CT molecular complexity index is 1100. The molecule has 4 nitrogen and oxygen atoms in total. The summed E-state index contributed by atoms with van der Waals surface area (Å²) in [6.07, 6.45) is 8.52. The van der Waals surface area contributed by atoms with Crippen molar-refractivity contribution < 1.29 is 0 Å². The van der Waals surface area contributed by atoms with E-state index in [2.05, 4.69) is 59.5 Å². The van der Waals surface area contributed by atoms with Gasteiger partial charge in [-0.25, -0.2) is 9.50 Å². The number of nitrogens with zero attached hydrogens (tertiary/aromatic N) is 4. The summed E-state index contributed by atoms with van der Waals surface area (Å²) < 4.78 is 1.91. The first-order valence-electron chi connectivity index (χ1n) is 9.97. The Morgan fingerprint density at radius 3 is 2.68 bits per heavy atom. The van der Waals surface area contributed by atoms with Gasteiger partial charge in [-0.3, -0.25) is 4.90 Å². The van der Waals surface area contributed by atoms with Crippen LogP contribution in [0.5, 0.6) is 0 Å². The molecule has 140 valence electrons. The molecule has 1 saturated heterocycles. The van der Waals surface area contributed by atoms with Crippen LogP contribution in [0.2, 0.25) is 0 Å². The lowest BCUT2D eigenvalue weighted by atomic mass is 9.99. The molecule has 0 aliphatic carbocycles. The minimum absolute atomic E-state index is 0.495. The Morgan fingerprint density at radius 1 is 1.00 bits per heavy atom. The van der Waals surface area contributed by atoms with Crippen molar-refractivity contribution in [1.82, 2.24) is 19.5 Å². The molecule has 0 spiro atoms. The fraction of sp³-hybridized carbons (Fsp3) is 0.250. The van der Waals surface area contributed by atoms with E-state index < -0.39 is 0 Å². The zero-order valence-electron chi connectivity index (χ0n) is 16.1. The summed E-state index contributed by atoms with van der Waals surface area (Å²) in [6, 6.07) is 19.6. The summed E-state index contributed by atoms with van der Waals surface area (Å²) >= 11 is 0. The van der Waals surface area contributed by atoms with Crippen molar-refractivity contribution in [1.29, 1.82) is 0 Å². The molecule has 0 unspecified atom stereocenters. The maximum atomic E-state index is 4.75. The van der Waals surface area contributed by atoms with Gasteiger partial charge in [0.05, 0.1) is 6.20 Å². The first-order chi connectivity index (χ1) is 13.8. The van der Waals surface area contributed by atoms with E-state index in [1.54, 1.807) is 0 Å². The number of hydrogen-bond acceptors (Lipinski definition) is 3. The predicted octanol–water partition coefficient (Wildman–Crippen LogP) is 5.04. The molecular formula is C24H24N4. The number of aryl methyl sites for hydroxylation is 1. The van der Waals surface area contributed by atoms with Crippen LogP contribution in [0.25, 0.3) is 16.8 Å². The summed E-state index contributed by atoms with van der Waals surface area (Å²) in [7, 11) is 0. The zero-order valence-corrected chi connectivity index (χ0v) is 16.1. The van der Waals surface area contributed by atoms with Gasteiger partial charge in [0.15, 0.2) is 5.65 Å². The monoisotopic (exact) mass is 368 g/mol. The smallest absolute Gasteiger partial charge is 0.162 e. The summed E-state index contributed by atoms with van der Waals surface area (Å²) in [6.45, 7) is 4.25. The average Bonchev–Trinajstić information content (AvgIpc) is 3.36. The van der Waals surface area contributed by atoms with Crippen molar-refractivity contribution in [3.63, 3.8) is 0 Å². The van der Waals surface area contributed by atoms with E-state index >= 15 is 0 Å². The molecule has 2 aromatic carbocycles. The van der Waals surface area contributed by atoms with Crippen molar-refractivity contribution in [2.75, 3.05) is 6.54 Å². The van der Waals surface area contributed by atoms with Crippen LogP contribution in [0.15, 0.2) is 73.2 Å². The lowest BCUT2D eigenvalue weighted by molar-refractivity contribution is 0.247. The Kier molecular flexibility index (Phi) is 4.41. The van der Waals surface area contributed by atoms with Crippen LogP contribution in [0.3, 0.4) is 0 Å². The highest BCUT2D eigenvalue weighted by atomic mass is 15.2. The van der Waals surface area contributed by atoms with Crippen LogP contribution >= 0.6 is 0 Å². The average molecular weight is 368 g/mol.